The third kappa shape index (κ3) is 7.34. The Kier molecular flexibility index (Phi) is 10.7. The summed E-state index contributed by atoms with van der Waals surface area (Å²) in [5.41, 5.74) is 5.13. The number of anilines is 1. The topological polar surface area (TPSA) is 131 Å². The number of hydrogen-bond acceptors (Lipinski definition) is 9. The van der Waals surface area contributed by atoms with Gasteiger partial charge in [0.2, 0.25) is 5.88 Å². The predicted octanol–water partition coefficient (Wildman–Crippen LogP) is 2.49. The molecular weight excluding hydrogens is 488 g/mol. The van der Waals surface area contributed by atoms with Gasteiger partial charge in [0, 0.05) is 56.1 Å². The molecule has 0 spiro atoms. The maximum absolute atomic E-state index is 12.9. The number of nitrogens with zero attached hydrogens (tertiary/aromatic N) is 5. The van der Waals surface area contributed by atoms with Crippen LogP contribution in [0.25, 0.3) is 16.8 Å². The summed E-state index contributed by atoms with van der Waals surface area (Å²) < 4.78 is 12.4. The molecule has 1 saturated heterocycles. The van der Waals surface area contributed by atoms with Crippen molar-refractivity contribution in [2.45, 2.75) is 6.92 Å². The lowest BCUT2D eigenvalue weighted by Crippen LogP contribution is -2.41. The van der Waals surface area contributed by atoms with Gasteiger partial charge in [0.05, 0.1) is 38.8 Å². The van der Waals surface area contributed by atoms with Crippen LogP contribution in [-0.2, 0) is 9.53 Å². The number of aliphatic hydroxyl groups is 1. The highest BCUT2D eigenvalue weighted by Crippen LogP contribution is 2.28. The van der Waals surface area contributed by atoms with Gasteiger partial charge >= 0.3 is 0 Å². The van der Waals surface area contributed by atoms with Crippen molar-refractivity contribution < 1.29 is 24.2 Å². The summed E-state index contributed by atoms with van der Waals surface area (Å²) in [6.45, 7) is 3.99. The van der Waals surface area contributed by atoms with Gasteiger partial charge in [-0.15, -0.1) is 0 Å². The quantitative estimate of drug-likeness (QED) is 0.381. The van der Waals surface area contributed by atoms with Crippen LogP contribution >= 0.6 is 0 Å². The SMILES string of the molecule is CNc1cc(-c2ccc3ncc(C(=O)N4CCOCC4)n3c2)cnc1OC.Cc1cccnc1.O=CCO. The fourth-order valence-electron chi connectivity index (χ4n) is 3.64. The molecule has 1 aliphatic rings. The van der Waals surface area contributed by atoms with Crippen molar-refractivity contribution in [3.63, 3.8) is 0 Å². The van der Waals surface area contributed by atoms with Crippen molar-refractivity contribution in [2.24, 2.45) is 0 Å². The Hall–Kier alpha value is -4.35. The van der Waals surface area contributed by atoms with E-state index in [4.69, 9.17) is 19.4 Å². The molecule has 200 valence electrons. The number of fused-ring (bicyclic) bond motifs is 1. The number of hydrogen-bond donors (Lipinski definition) is 2. The molecule has 5 heterocycles. The standard InChI is InChI=1S/C19H21N5O3.C6H7N.C2H4O2/c1-20-15-9-14(10-22-18(15)26-2)13-3-4-17-21-11-16(24(17)12-13)19(25)23-5-7-27-8-6-23;1-6-3-2-4-7-5-6;3-1-2-4/h3-4,9-12,20H,5-8H2,1-2H3;2-5H,1H3;1,4H,2H2. The molecule has 1 amide bonds. The van der Waals surface area contributed by atoms with E-state index in [9.17, 15) is 4.79 Å². The van der Waals surface area contributed by atoms with Crippen molar-refractivity contribution in [2.75, 3.05) is 52.4 Å². The zero-order valence-corrected chi connectivity index (χ0v) is 21.7. The minimum absolute atomic E-state index is 0.0354. The first-order valence-corrected chi connectivity index (χ1v) is 12.0. The zero-order chi connectivity index (χ0) is 27.3. The number of aryl methyl sites for hydroxylation is 1. The summed E-state index contributed by atoms with van der Waals surface area (Å²) in [6.07, 6.45) is 9.33. The first-order chi connectivity index (χ1) is 18.5. The minimum Gasteiger partial charge on any atom is -0.480 e. The van der Waals surface area contributed by atoms with Gasteiger partial charge in [0.25, 0.3) is 5.91 Å². The molecule has 1 fully saturated rings. The number of aromatic nitrogens is 4. The second kappa shape index (κ2) is 14.4. The largest absolute Gasteiger partial charge is 0.480 e. The summed E-state index contributed by atoms with van der Waals surface area (Å²) in [4.78, 5) is 36.2. The fourth-order valence-corrected chi connectivity index (χ4v) is 3.64. The van der Waals surface area contributed by atoms with E-state index in [1.165, 1.54) is 5.56 Å². The van der Waals surface area contributed by atoms with Crippen LogP contribution < -0.4 is 10.1 Å². The molecule has 4 aromatic rings. The maximum Gasteiger partial charge on any atom is 0.272 e. The van der Waals surface area contributed by atoms with Crippen molar-refractivity contribution >= 4 is 23.5 Å². The Labute approximate surface area is 221 Å². The van der Waals surface area contributed by atoms with Crippen molar-refractivity contribution in [3.8, 4) is 17.0 Å². The lowest BCUT2D eigenvalue weighted by molar-refractivity contribution is -0.110. The highest BCUT2D eigenvalue weighted by atomic mass is 16.5. The van der Waals surface area contributed by atoms with Crippen LogP contribution in [0.4, 0.5) is 5.69 Å². The molecule has 0 bridgehead atoms. The molecule has 0 aromatic carbocycles. The molecule has 2 N–H and O–H groups in total. The minimum atomic E-state index is -0.361. The molecule has 1 aliphatic heterocycles. The first-order valence-electron chi connectivity index (χ1n) is 12.0. The average Bonchev–Trinajstić information content (AvgIpc) is 3.41. The predicted molar refractivity (Wildman–Crippen MR) is 143 cm³/mol. The molecule has 4 aromatic heterocycles. The molecule has 11 heteroatoms. The van der Waals surface area contributed by atoms with Crippen LogP contribution in [0.15, 0.2) is 61.3 Å². The lowest BCUT2D eigenvalue weighted by Gasteiger charge is -2.26. The van der Waals surface area contributed by atoms with Gasteiger partial charge in [-0.25, -0.2) is 9.97 Å². The number of amides is 1. The number of rotatable bonds is 5. The molecule has 0 atom stereocenters. The summed E-state index contributed by atoms with van der Waals surface area (Å²) in [5.74, 6) is 0.500. The maximum atomic E-state index is 12.9. The Morgan fingerprint density at radius 2 is 1.92 bits per heavy atom. The van der Waals surface area contributed by atoms with Crippen LogP contribution in [0.3, 0.4) is 0 Å². The lowest BCUT2D eigenvalue weighted by atomic mass is 10.1. The van der Waals surface area contributed by atoms with Crippen LogP contribution in [-0.4, -0.2) is 88.6 Å². The molecule has 0 aliphatic carbocycles. The van der Waals surface area contributed by atoms with E-state index < -0.39 is 0 Å². The number of carbonyl (C=O) groups is 2. The van der Waals surface area contributed by atoms with Crippen LogP contribution in [0.1, 0.15) is 16.1 Å². The number of ether oxygens (including phenoxy) is 2. The van der Waals surface area contributed by atoms with E-state index in [2.05, 4.69) is 20.3 Å². The number of methoxy groups -OCH3 is 1. The van der Waals surface area contributed by atoms with E-state index in [0.29, 0.717) is 44.2 Å². The number of carbonyl (C=O) groups excluding carboxylic acids is 2. The van der Waals surface area contributed by atoms with Gasteiger partial charge in [0.15, 0.2) is 0 Å². The average molecular weight is 521 g/mol. The van der Waals surface area contributed by atoms with E-state index in [-0.39, 0.29) is 12.5 Å². The number of aliphatic hydroxyl groups excluding tert-OH is 1. The molecule has 38 heavy (non-hydrogen) atoms. The smallest absolute Gasteiger partial charge is 0.272 e. The molecule has 0 unspecified atom stereocenters. The van der Waals surface area contributed by atoms with Crippen LogP contribution in [0.5, 0.6) is 5.88 Å². The Balaban J connectivity index is 0.000000304. The number of aldehydes is 1. The third-order valence-electron chi connectivity index (χ3n) is 5.55. The van der Waals surface area contributed by atoms with Gasteiger partial charge in [-0.3, -0.25) is 14.2 Å². The van der Waals surface area contributed by atoms with E-state index in [1.807, 2.05) is 61.1 Å². The Morgan fingerprint density at radius 3 is 2.50 bits per heavy atom. The van der Waals surface area contributed by atoms with Crippen LogP contribution in [0.2, 0.25) is 0 Å². The Bertz CT molecular complexity index is 1320. The van der Waals surface area contributed by atoms with Gasteiger partial charge in [-0.2, -0.15) is 0 Å². The number of nitrogens with one attached hydrogen (secondary N) is 1. The second-order valence-corrected chi connectivity index (χ2v) is 8.10. The molecule has 11 nitrogen and oxygen atoms in total. The molecule has 0 saturated carbocycles. The third-order valence-corrected chi connectivity index (χ3v) is 5.55. The van der Waals surface area contributed by atoms with E-state index in [1.54, 1.807) is 30.6 Å². The number of morpholine rings is 1. The van der Waals surface area contributed by atoms with E-state index >= 15 is 0 Å². The van der Waals surface area contributed by atoms with Gasteiger partial charge in [0.1, 0.15) is 17.6 Å². The van der Waals surface area contributed by atoms with Crippen LogP contribution in [0, 0.1) is 6.92 Å². The molecular formula is C27H32N6O5. The summed E-state index contributed by atoms with van der Waals surface area (Å²) >= 11 is 0. The normalized spacial score (nSPS) is 12.5. The van der Waals surface area contributed by atoms with Gasteiger partial charge in [-0.05, 0) is 36.8 Å². The molecule has 0 radical (unpaired) electrons. The summed E-state index contributed by atoms with van der Waals surface area (Å²) in [6, 6.07) is 9.78. The van der Waals surface area contributed by atoms with Crippen molar-refractivity contribution in [3.05, 3.63) is 72.6 Å². The highest BCUT2D eigenvalue weighted by Gasteiger charge is 2.22. The first kappa shape index (κ1) is 28.2. The van der Waals surface area contributed by atoms with Crippen molar-refractivity contribution in [1.82, 2.24) is 24.3 Å². The van der Waals surface area contributed by atoms with Gasteiger partial charge in [-0.1, -0.05) is 6.07 Å². The fraction of sp³-hybridized carbons (Fsp3) is 0.296. The second-order valence-electron chi connectivity index (χ2n) is 8.10. The zero-order valence-electron chi connectivity index (χ0n) is 21.7. The van der Waals surface area contributed by atoms with Gasteiger partial charge < -0.3 is 29.6 Å². The molecule has 5 rings (SSSR count). The monoisotopic (exact) mass is 520 g/mol. The summed E-state index contributed by atoms with van der Waals surface area (Å²) in [7, 11) is 3.41. The van der Waals surface area contributed by atoms with E-state index in [0.717, 1.165) is 22.5 Å². The number of pyridine rings is 3. The van der Waals surface area contributed by atoms with Crippen molar-refractivity contribution in [1.29, 1.82) is 0 Å². The summed E-state index contributed by atoms with van der Waals surface area (Å²) in [5, 5.41) is 10.6. The number of imidazole rings is 1. The Morgan fingerprint density at radius 1 is 1.16 bits per heavy atom. The highest BCUT2D eigenvalue weighted by molar-refractivity contribution is 5.93.